The molecule has 0 fully saturated rings. The molecule has 0 aromatic heterocycles. The summed E-state index contributed by atoms with van der Waals surface area (Å²) in [6, 6.07) is 13.7. The van der Waals surface area contributed by atoms with E-state index in [1.807, 2.05) is 36.4 Å². The predicted octanol–water partition coefficient (Wildman–Crippen LogP) is 4.55. The first-order valence-corrected chi connectivity index (χ1v) is 6.81. The Hall–Kier alpha value is -1.51. The minimum atomic E-state index is 0.623. The molecule has 0 heterocycles. The number of hydrogen-bond donors (Lipinski definition) is 1. The molecule has 0 aliphatic carbocycles. The predicted molar refractivity (Wildman–Crippen MR) is 80.1 cm³/mol. The number of para-hydroxylation sites is 1. The van der Waals surface area contributed by atoms with Crippen LogP contribution >= 0.6 is 11.6 Å². The number of benzene rings is 2. The third-order valence-corrected chi connectivity index (χ3v) is 3.15. The quantitative estimate of drug-likeness (QED) is 0.864. The molecule has 0 aliphatic rings. The van der Waals surface area contributed by atoms with Gasteiger partial charge in [0.05, 0.1) is 5.02 Å². The van der Waals surface area contributed by atoms with Gasteiger partial charge in [-0.05, 0) is 31.7 Å². The highest BCUT2D eigenvalue weighted by Gasteiger charge is 2.07. The molecule has 0 saturated heterocycles. The maximum atomic E-state index is 6.12. The fourth-order valence-corrected chi connectivity index (χ4v) is 2.03. The molecule has 0 unspecified atom stereocenters. The maximum Gasteiger partial charge on any atom is 0.146 e. The second-order valence-electron chi connectivity index (χ2n) is 4.42. The highest BCUT2D eigenvalue weighted by molar-refractivity contribution is 6.32. The highest BCUT2D eigenvalue weighted by Crippen LogP contribution is 2.31. The van der Waals surface area contributed by atoms with Gasteiger partial charge in [0.2, 0.25) is 0 Å². The van der Waals surface area contributed by atoms with Crippen LogP contribution in [0.1, 0.15) is 18.1 Å². The minimum Gasteiger partial charge on any atom is -0.455 e. The molecule has 0 atom stereocenters. The summed E-state index contributed by atoms with van der Waals surface area (Å²) in [6.45, 7) is 5.89. The largest absolute Gasteiger partial charge is 0.455 e. The first kappa shape index (κ1) is 13.9. The van der Waals surface area contributed by atoms with E-state index >= 15 is 0 Å². The van der Waals surface area contributed by atoms with Gasteiger partial charge < -0.3 is 10.1 Å². The Morgan fingerprint density at radius 1 is 1.11 bits per heavy atom. The number of rotatable bonds is 5. The summed E-state index contributed by atoms with van der Waals surface area (Å²) in [5, 5.41) is 3.94. The molecule has 3 heteroatoms. The van der Waals surface area contributed by atoms with Crippen LogP contribution in [0.3, 0.4) is 0 Å². The monoisotopic (exact) mass is 275 g/mol. The van der Waals surface area contributed by atoms with Gasteiger partial charge >= 0.3 is 0 Å². The van der Waals surface area contributed by atoms with Crippen molar-refractivity contribution in [1.82, 2.24) is 5.32 Å². The Bertz CT molecular complexity index is 554. The van der Waals surface area contributed by atoms with Crippen molar-refractivity contribution in [2.75, 3.05) is 6.54 Å². The van der Waals surface area contributed by atoms with Crippen LogP contribution in [0, 0.1) is 6.92 Å². The van der Waals surface area contributed by atoms with Gasteiger partial charge in [-0.25, -0.2) is 0 Å². The Kier molecular flexibility index (Phi) is 4.83. The van der Waals surface area contributed by atoms with Crippen LogP contribution < -0.4 is 10.1 Å². The molecule has 19 heavy (non-hydrogen) atoms. The van der Waals surface area contributed by atoms with Crippen molar-refractivity contribution in [2.24, 2.45) is 0 Å². The third-order valence-electron chi connectivity index (χ3n) is 2.84. The van der Waals surface area contributed by atoms with Crippen LogP contribution in [-0.2, 0) is 6.54 Å². The normalized spacial score (nSPS) is 10.5. The molecule has 100 valence electrons. The van der Waals surface area contributed by atoms with Gasteiger partial charge in [-0.3, -0.25) is 0 Å². The number of halogens is 1. The zero-order valence-corrected chi connectivity index (χ0v) is 12.0. The van der Waals surface area contributed by atoms with E-state index in [1.54, 1.807) is 0 Å². The number of ether oxygens (including phenoxy) is 1. The lowest BCUT2D eigenvalue weighted by molar-refractivity contribution is 0.473. The summed E-state index contributed by atoms with van der Waals surface area (Å²) in [7, 11) is 0. The third kappa shape index (κ3) is 3.72. The lowest BCUT2D eigenvalue weighted by Crippen LogP contribution is -2.12. The van der Waals surface area contributed by atoms with E-state index in [0.29, 0.717) is 10.8 Å². The van der Waals surface area contributed by atoms with Crippen molar-refractivity contribution in [3.8, 4) is 11.5 Å². The van der Waals surface area contributed by atoms with Crippen molar-refractivity contribution >= 4 is 11.6 Å². The van der Waals surface area contributed by atoms with Gasteiger partial charge in [-0.15, -0.1) is 0 Å². The molecule has 0 spiro atoms. The van der Waals surface area contributed by atoms with Gasteiger partial charge in [0.25, 0.3) is 0 Å². The van der Waals surface area contributed by atoms with Crippen LogP contribution in [-0.4, -0.2) is 6.54 Å². The van der Waals surface area contributed by atoms with Crippen LogP contribution in [0.15, 0.2) is 42.5 Å². The summed E-state index contributed by atoms with van der Waals surface area (Å²) in [4.78, 5) is 0. The molecule has 0 amide bonds. The second-order valence-corrected chi connectivity index (χ2v) is 4.83. The van der Waals surface area contributed by atoms with E-state index in [4.69, 9.17) is 16.3 Å². The minimum absolute atomic E-state index is 0.623. The van der Waals surface area contributed by atoms with Crippen molar-refractivity contribution in [2.45, 2.75) is 20.4 Å². The summed E-state index contributed by atoms with van der Waals surface area (Å²) < 4.78 is 5.92. The van der Waals surface area contributed by atoms with Gasteiger partial charge in [0, 0.05) is 12.1 Å². The zero-order valence-electron chi connectivity index (χ0n) is 11.2. The zero-order chi connectivity index (χ0) is 13.7. The topological polar surface area (TPSA) is 21.3 Å². The lowest BCUT2D eigenvalue weighted by atomic mass is 10.1. The summed E-state index contributed by atoms with van der Waals surface area (Å²) in [5.41, 5.74) is 2.36. The fraction of sp³-hybridized carbons (Fsp3) is 0.250. The van der Waals surface area contributed by atoms with Gasteiger partial charge in [-0.1, -0.05) is 48.4 Å². The molecule has 1 N–H and O–H groups in total. The average Bonchev–Trinajstić information content (AvgIpc) is 2.41. The lowest BCUT2D eigenvalue weighted by Gasteiger charge is -2.13. The van der Waals surface area contributed by atoms with E-state index < -0.39 is 0 Å². The van der Waals surface area contributed by atoms with Crippen molar-refractivity contribution < 1.29 is 4.74 Å². The molecule has 0 aliphatic heterocycles. The molecule has 0 saturated carbocycles. The van der Waals surface area contributed by atoms with Crippen LogP contribution in [0.2, 0.25) is 5.02 Å². The first-order chi connectivity index (χ1) is 9.20. The standard InChI is InChI=1S/C16H18ClNO/c1-3-18-11-13-10-12(2)8-9-15(13)19-16-7-5-4-6-14(16)17/h4-10,18H,3,11H2,1-2H3. The Balaban J connectivity index is 2.26. The molecule has 0 radical (unpaired) electrons. The van der Waals surface area contributed by atoms with Crippen LogP contribution in [0.25, 0.3) is 0 Å². The van der Waals surface area contributed by atoms with Crippen LogP contribution in [0.5, 0.6) is 11.5 Å². The first-order valence-electron chi connectivity index (χ1n) is 6.43. The average molecular weight is 276 g/mol. The van der Waals surface area contributed by atoms with Crippen molar-refractivity contribution in [3.05, 3.63) is 58.6 Å². The molecule has 2 nitrogen and oxygen atoms in total. The Morgan fingerprint density at radius 3 is 2.63 bits per heavy atom. The van der Waals surface area contributed by atoms with Gasteiger partial charge in [0.1, 0.15) is 11.5 Å². The van der Waals surface area contributed by atoms with Crippen molar-refractivity contribution in [3.63, 3.8) is 0 Å². The molecular weight excluding hydrogens is 258 g/mol. The SMILES string of the molecule is CCNCc1cc(C)ccc1Oc1ccccc1Cl. The maximum absolute atomic E-state index is 6.12. The van der Waals surface area contributed by atoms with Crippen molar-refractivity contribution in [1.29, 1.82) is 0 Å². The number of nitrogens with one attached hydrogen (secondary N) is 1. The summed E-state index contributed by atoms with van der Waals surface area (Å²) in [5.74, 6) is 1.53. The van der Waals surface area contributed by atoms with E-state index in [9.17, 15) is 0 Å². The molecule has 0 bridgehead atoms. The number of aryl methyl sites for hydroxylation is 1. The van der Waals surface area contributed by atoms with Gasteiger partial charge in [0.15, 0.2) is 0 Å². The van der Waals surface area contributed by atoms with E-state index in [-0.39, 0.29) is 0 Å². The summed E-state index contributed by atoms with van der Waals surface area (Å²) >= 11 is 6.12. The number of hydrogen-bond acceptors (Lipinski definition) is 2. The highest BCUT2D eigenvalue weighted by atomic mass is 35.5. The molecule has 2 aromatic carbocycles. The summed E-state index contributed by atoms with van der Waals surface area (Å²) in [6.07, 6.45) is 0. The fourth-order valence-electron chi connectivity index (χ4n) is 1.85. The Morgan fingerprint density at radius 2 is 1.89 bits per heavy atom. The molecular formula is C16H18ClNO. The molecule has 2 aromatic rings. The Labute approximate surface area is 119 Å². The second kappa shape index (κ2) is 6.60. The van der Waals surface area contributed by atoms with Gasteiger partial charge in [-0.2, -0.15) is 0 Å². The van der Waals surface area contributed by atoms with E-state index in [1.165, 1.54) is 5.56 Å². The smallest absolute Gasteiger partial charge is 0.146 e. The molecule has 2 rings (SSSR count). The van der Waals surface area contributed by atoms with E-state index in [2.05, 4.69) is 25.2 Å². The van der Waals surface area contributed by atoms with Crippen LogP contribution in [0.4, 0.5) is 0 Å². The van der Waals surface area contributed by atoms with E-state index in [0.717, 1.165) is 24.4 Å².